The second-order valence-electron chi connectivity index (χ2n) is 7.42. The SMILES string of the molecule is O=C(O)C1CCCC(NC(=O)C2C3C4CCC(C4)C23)C1. The molecule has 1 amide bonds. The number of fused-ring (bicyclic) bond motifs is 5. The van der Waals surface area contributed by atoms with Gasteiger partial charge in [-0.15, -0.1) is 0 Å². The average molecular weight is 277 g/mol. The fraction of sp³-hybridized carbons (Fsp3) is 0.875. The summed E-state index contributed by atoms with van der Waals surface area (Å²) in [4.78, 5) is 23.5. The lowest BCUT2D eigenvalue weighted by molar-refractivity contribution is -0.143. The summed E-state index contributed by atoms with van der Waals surface area (Å²) in [6.07, 6.45) is 7.29. The molecule has 4 fully saturated rings. The van der Waals surface area contributed by atoms with Crippen LogP contribution in [0.25, 0.3) is 0 Å². The Balaban J connectivity index is 1.34. The largest absolute Gasteiger partial charge is 0.481 e. The maximum Gasteiger partial charge on any atom is 0.306 e. The minimum absolute atomic E-state index is 0.0938. The number of carboxylic acids is 1. The molecular weight excluding hydrogens is 254 g/mol. The Morgan fingerprint density at radius 3 is 2.30 bits per heavy atom. The van der Waals surface area contributed by atoms with E-state index in [0.717, 1.165) is 31.1 Å². The molecule has 0 spiro atoms. The smallest absolute Gasteiger partial charge is 0.306 e. The molecule has 6 atom stereocenters. The minimum atomic E-state index is -0.703. The van der Waals surface area contributed by atoms with E-state index in [0.29, 0.717) is 18.3 Å². The highest BCUT2D eigenvalue weighted by atomic mass is 16.4. The highest BCUT2D eigenvalue weighted by molar-refractivity contribution is 5.83. The number of hydrogen-bond donors (Lipinski definition) is 2. The van der Waals surface area contributed by atoms with Crippen molar-refractivity contribution < 1.29 is 14.7 Å². The molecule has 0 radical (unpaired) electrons. The van der Waals surface area contributed by atoms with Gasteiger partial charge in [-0.05, 0) is 62.2 Å². The predicted octanol–water partition coefficient (Wildman–Crippen LogP) is 2.04. The molecule has 0 aromatic heterocycles. The molecule has 20 heavy (non-hydrogen) atoms. The van der Waals surface area contributed by atoms with Crippen LogP contribution in [-0.4, -0.2) is 23.0 Å². The van der Waals surface area contributed by atoms with Crippen LogP contribution in [0.2, 0.25) is 0 Å². The van der Waals surface area contributed by atoms with Crippen molar-refractivity contribution >= 4 is 11.9 Å². The molecule has 0 aromatic rings. The maximum absolute atomic E-state index is 12.4. The molecule has 6 unspecified atom stereocenters. The zero-order valence-electron chi connectivity index (χ0n) is 11.8. The van der Waals surface area contributed by atoms with E-state index in [-0.39, 0.29) is 23.8 Å². The van der Waals surface area contributed by atoms with Crippen molar-refractivity contribution in [3.8, 4) is 0 Å². The Hall–Kier alpha value is -1.06. The van der Waals surface area contributed by atoms with Gasteiger partial charge in [-0.25, -0.2) is 0 Å². The third kappa shape index (κ3) is 1.87. The lowest BCUT2D eigenvalue weighted by Crippen LogP contribution is -2.41. The van der Waals surface area contributed by atoms with E-state index in [2.05, 4.69) is 5.32 Å². The van der Waals surface area contributed by atoms with Gasteiger partial charge in [0.1, 0.15) is 0 Å². The fourth-order valence-corrected chi connectivity index (χ4v) is 5.52. The van der Waals surface area contributed by atoms with Crippen molar-refractivity contribution in [2.45, 2.75) is 51.0 Å². The molecule has 110 valence electrons. The molecule has 0 saturated heterocycles. The van der Waals surface area contributed by atoms with E-state index < -0.39 is 5.97 Å². The molecule has 0 aromatic carbocycles. The van der Waals surface area contributed by atoms with Gasteiger partial charge in [0.25, 0.3) is 0 Å². The molecule has 4 nitrogen and oxygen atoms in total. The summed E-state index contributed by atoms with van der Waals surface area (Å²) in [5.74, 6) is 2.52. The van der Waals surface area contributed by atoms with E-state index in [1.54, 1.807) is 0 Å². The van der Waals surface area contributed by atoms with Gasteiger partial charge < -0.3 is 10.4 Å². The Bertz CT molecular complexity index is 433. The quantitative estimate of drug-likeness (QED) is 0.829. The lowest BCUT2D eigenvalue weighted by Gasteiger charge is -2.27. The van der Waals surface area contributed by atoms with Crippen molar-refractivity contribution in [1.29, 1.82) is 0 Å². The molecule has 4 heteroatoms. The molecule has 4 rings (SSSR count). The number of carbonyl (C=O) groups excluding carboxylic acids is 1. The molecule has 0 aliphatic heterocycles. The summed E-state index contributed by atoms with van der Waals surface area (Å²) in [7, 11) is 0. The Kier molecular flexibility index (Phi) is 2.83. The van der Waals surface area contributed by atoms with Crippen LogP contribution in [-0.2, 0) is 9.59 Å². The van der Waals surface area contributed by atoms with Gasteiger partial charge in [-0.2, -0.15) is 0 Å². The normalized spacial score (nSPS) is 48.7. The van der Waals surface area contributed by atoms with Crippen LogP contribution in [0.1, 0.15) is 44.9 Å². The average Bonchev–Trinajstić information content (AvgIpc) is 2.88. The van der Waals surface area contributed by atoms with E-state index in [1.807, 2.05) is 0 Å². The summed E-state index contributed by atoms with van der Waals surface area (Å²) < 4.78 is 0. The third-order valence-electron chi connectivity index (χ3n) is 6.41. The van der Waals surface area contributed by atoms with Crippen molar-refractivity contribution in [2.75, 3.05) is 0 Å². The summed E-state index contributed by atoms with van der Waals surface area (Å²) in [5.41, 5.74) is 0. The highest BCUT2D eigenvalue weighted by Crippen LogP contribution is 2.69. The molecule has 4 aliphatic carbocycles. The van der Waals surface area contributed by atoms with E-state index >= 15 is 0 Å². The molecule has 4 saturated carbocycles. The lowest BCUT2D eigenvalue weighted by atomic mass is 9.85. The second-order valence-corrected chi connectivity index (χ2v) is 7.42. The van der Waals surface area contributed by atoms with Gasteiger partial charge in [0.2, 0.25) is 5.91 Å². The Labute approximate surface area is 119 Å². The first-order valence-electron chi connectivity index (χ1n) is 8.18. The standard InChI is InChI=1S/C16H23NO3/c18-15(14-12-8-4-5-9(6-8)13(12)14)17-11-3-1-2-10(7-11)16(19)20/h8-14H,1-7H2,(H,17,18)(H,19,20). The third-order valence-corrected chi connectivity index (χ3v) is 6.41. The zero-order valence-corrected chi connectivity index (χ0v) is 11.8. The number of aliphatic carboxylic acids is 1. The number of hydrogen-bond acceptors (Lipinski definition) is 2. The second kappa shape index (κ2) is 4.47. The monoisotopic (exact) mass is 277 g/mol. The van der Waals surface area contributed by atoms with Gasteiger partial charge >= 0.3 is 5.97 Å². The molecule has 4 aliphatic rings. The van der Waals surface area contributed by atoms with Crippen molar-refractivity contribution in [2.24, 2.45) is 35.5 Å². The minimum Gasteiger partial charge on any atom is -0.481 e. The molecule has 2 bridgehead atoms. The first-order chi connectivity index (χ1) is 9.65. The van der Waals surface area contributed by atoms with Gasteiger partial charge in [0.15, 0.2) is 0 Å². The predicted molar refractivity (Wildman–Crippen MR) is 72.8 cm³/mol. The van der Waals surface area contributed by atoms with Crippen LogP contribution >= 0.6 is 0 Å². The Morgan fingerprint density at radius 2 is 1.65 bits per heavy atom. The van der Waals surface area contributed by atoms with Crippen LogP contribution in [0.4, 0.5) is 0 Å². The van der Waals surface area contributed by atoms with E-state index in [1.165, 1.54) is 19.3 Å². The number of carboxylic acid groups (broad SMARTS) is 1. The summed E-state index contributed by atoms with van der Waals surface area (Å²) >= 11 is 0. The summed E-state index contributed by atoms with van der Waals surface area (Å²) in [6, 6.07) is 0.0938. The number of rotatable bonds is 3. The van der Waals surface area contributed by atoms with Gasteiger partial charge in [0.05, 0.1) is 5.92 Å². The first-order valence-corrected chi connectivity index (χ1v) is 8.18. The van der Waals surface area contributed by atoms with Crippen molar-refractivity contribution in [3.05, 3.63) is 0 Å². The number of amides is 1. The fourth-order valence-electron chi connectivity index (χ4n) is 5.52. The van der Waals surface area contributed by atoms with Crippen LogP contribution in [0.5, 0.6) is 0 Å². The van der Waals surface area contributed by atoms with E-state index in [9.17, 15) is 9.59 Å². The Morgan fingerprint density at radius 1 is 0.950 bits per heavy atom. The number of nitrogens with one attached hydrogen (secondary N) is 1. The van der Waals surface area contributed by atoms with Crippen molar-refractivity contribution in [3.63, 3.8) is 0 Å². The van der Waals surface area contributed by atoms with Gasteiger partial charge in [-0.3, -0.25) is 9.59 Å². The molecule has 0 heterocycles. The van der Waals surface area contributed by atoms with Crippen LogP contribution < -0.4 is 5.32 Å². The summed E-state index contributed by atoms with van der Waals surface area (Å²) in [5, 5.41) is 12.3. The van der Waals surface area contributed by atoms with Crippen LogP contribution in [0.3, 0.4) is 0 Å². The van der Waals surface area contributed by atoms with Crippen molar-refractivity contribution in [1.82, 2.24) is 5.32 Å². The summed E-state index contributed by atoms with van der Waals surface area (Å²) in [6.45, 7) is 0. The molecule has 2 N–H and O–H groups in total. The topological polar surface area (TPSA) is 66.4 Å². The first kappa shape index (κ1) is 12.7. The van der Waals surface area contributed by atoms with E-state index in [4.69, 9.17) is 5.11 Å². The van der Waals surface area contributed by atoms with Crippen LogP contribution in [0.15, 0.2) is 0 Å². The molecular formula is C16H23NO3. The highest BCUT2D eigenvalue weighted by Gasteiger charge is 2.67. The van der Waals surface area contributed by atoms with Gasteiger partial charge in [-0.1, -0.05) is 6.42 Å². The van der Waals surface area contributed by atoms with Gasteiger partial charge in [0, 0.05) is 12.0 Å². The van der Waals surface area contributed by atoms with Crippen LogP contribution in [0, 0.1) is 35.5 Å². The maximum atomic E-state index is 12.4. The number of carbonyl (C=O) groups is 2. The zero-order chi connectivity index (χ0) is 13.9.